The maximum atomic E-state index is 13.1. The van der Waals surface area contributed by atoms with Gasteiger partial charge in [-0.25, -0.2) is 4.39 Å². The van der Waals surface area contributed by atoms with Crippen molar-refractivity contribution in [1.82, 2.24) is 4.90 Å². The molecule has 0 saturated carbocycles. The van der Waals surface area contributed by atoms with Gasteiger partial charge in [0, 0.05) is 19.5 Å². The number of nitrogens with two attached hydrogens (primary N) is 1. The first-order valence-electron chi connectivity index (χ1n) is 8.44. The molecule has 1 aromatic carbocycles. The highest BCUT2D eigenvalue weighted by molar-refractivity contribution is 6.40. The summed E-state index contributed by atoms with van der Waals surface area (Å²) in [6, 6.07) is 4.13. The molecule has 0 bridgehead atoms. The maximum Gasteiger partial charge on any atom is 0.393 e. The zero-order valence-corrected chi connectivity index (χ0v) is 14.2. The first-order chi connectivity index (χ1) is 12.7. The van der Waals surface area contributed by atoms with Crippen LogP contribution in [0.1, 0.15) is 19.3 Å². The van der Waals surface area contributed by atoms with Gasteiger partial charge in [0.1, 0.15) is 17.6 Å². The standard InChI is InChI=1S/C17H18F4N4O2/c18-11-3-5-12(6-4-11)25-14(15(22)26)8-13(23-25)16(27)24-7-1-2-10(9-24)17(19,20)21/h3-6,10,14H,1-2,7-9H2,(H2,22,26)/t10-,14+/m0/s1. The van der Waals surface area contributed by atoms with Crippen molar-refractivity contribution in [3.05, 3.63) is 30.1 Å². The van der Waals surface area contributed by atoms with E-state index in [1.54, 1.807) is 0 Å². The van der Waals surface area contributed by atoms with Crippen LogP contribution in [0.3, 0.4) is 0 Å². The second-order valence-corrected chi connectivity index (χ2v) is 6.62. The van der Waals surface area contributed by atoms with Gasteiger partial charge in [-0.1, -0.05) is 0 Å². The summed E-state index contributed by atoms with van der Waals surface area (Å²) in [6.45, 7) is -0.235. The number of benzene rings is 1. The molecule has 6 nitrogen and oxygen atoms in total. The Hall–Kier alpha value is -2.65. The van der Waals surface area contributed by atoms with Crippen LogP contribution < -0.4 is 10.7 Å². The van der Waals surface area contributed by atoms with Gasteiger partial charge in [0.25, 0.3) is 5.91 Å². The van der Waals surface area contributed by atoms with Crippen molar-refractivity contribution >= 4 is 23.2 Å². The van der Waals surface area contributed by atoms with Crippen molar-refractivity contribution in [3.8, 4) is 0 Å². The number of carbonyl (C=O) groups is 2. The van der Waals surface area contributed by atoms with E-state index in [1.165, 1.54) is 29.3 Å². The van der Waals surface area contributed by atoms with Crippen molar-refractivity contribution in [2.75, 3.05) is 18.1 Å². The summed E-state index contributed by atoms with van der Waals surface area (Å²) in [5, 5.41) is 5.32. The Kier molecular flexibility index (Phi) is 5.07. The van der Waals surface area contributed by atoms with E-state index in [2.05, 4.69) is 5.10 Å². The Morgan fingerprint density at radius 1 is 1.19 bits per heavy atom. The van der Waals surface area contributed by atoms with Gasteiger partial charge in [-0.05, 0) is 37.1 Å². The number of amides is 2. The van der Waals surface area contributed by atoms with E-state index in [9.17, 15) is 27.2 Å². The first-order valence-corrected chi connectivity index (χ1v) is 8.44. The molecule has 1 aromatic rings. The quantitative estimate of drug-likeness (QED) is 0.808. The average Bonchev–Trinajstić information content (AvgIpc) is 3.07. The molecule has 1 saturated heterocycles. The van der Waals surface area contributed by atoms with Crippen LogP contribution in [0.15, 0.2) is 29.4 Å². The number of hydrogen-bond donors (Lipinski definition) is 1. The molecule has 2 aliphatic heterocycles. The molecule has 27 heavy (non-hydrogen) atoms. The minimum atomic E-state index is -4.37. The Morgan fingerprint density at radius 2 is 1.85 bits per heavy atom. The van der Waals surface area contributed by atoms with E-state index in [1.807, 2.05) is 0 Å². The Morgan fingerprint density at radius 3 is 2.44 bits per heavy atom. The van der Waals surface area contributed by atoms with Crippen LogP contribution in [-0.4, -0.2) is 47.7 Å². The number of primary amides is 1. The molecule has 2 N–H and O–H groups in total. The predicted octanol–water partition coefficient (Wildman–Crippen LogP) is 2.05. The number of piperidine rings is 1. The van der Waals surface area contributed by atoms with Crippen LogP contribution in [0.2, 0.25) is 0 Å². The molecule has 3 rings (SSSR count). The van der Waals surface area contributed by atoms with Gasteiger partial charge in [-0.2, -0.15) is 18.3 Å². The van der Waals surface area contributed by atoms with Gasteiger partial charge < -0.3 is 10.6 Å². The molecule has 2 aliphatic rings. The van der Waals surface area contributed by atoms with E-state index >= 15 is 0 Å². The summed E-state index contributed by atoms with van der Waals surface area (Å²) in [6.07, 6.45) is -4.26. The van der Waals surface area contributed by atoms with Crippen LogP contribution >= 0.6 is 0 Å². The molecular formula is C17H18F4N4O2. The molecule has 0 aromatic heterocycles. The van der Waals surface area contributed by atoms with Crippen molar-refractivity contribution in [2.24, 2.45) is 16.8 Å². The van der Waals surface area contributed by atoms with E-state index in [0.29, 0.717) is 5.69 Å². The zero-order valence-electron chi connectivity index (χ0n) is 14.2. The number of halogens is 4. The van der Waals surface area contributed by atoms with Crippen LogP contribution in [-0.2, 0) is 9.59 Å². The number of carbonyl (C=O) groups excluding carboxylic acids is 2. The highest BCUT2D eigenvalue weighted by atomic mass is 19.4. The zero-order chi connectivity index (χ0) is 19.8. The molecule has 0 aliphatic carbocycles. The number of anilines is 1. The molecule has 2 heterocycles. The van der Waals surface area contributed by atoms with E-state index in [-0.39, 0.29) is 31.5 Å². The topological polar surface area (TPSA) is 79.0 Å². The molecule has 0 radical (unpaired) electrons. The van der Waals surface area contributed by atoms with Gasteiger partial charge in [-0.15, -0.1) is 0 Å². The normalized spacial score (nSPS) is 23.3. The fourth-order valence-corrected chi connectivity index (χ4v) is 3.30. The molecule has 0 spiro atoms. The largest absolute Gasteiger partial charge is 0.393 e. The van der Waals surface area contributed by atoms with E-state index in [0.717, 1.165) is 4.90 Å². The highest BCUT2D eigenvalue weighted by Crippen LogP contribution is 2.34. The summed E-state index contributed by atoms with van der Waals surface area (Å²) in [5.41, 5.74) is 5.69. The second-order valence-electron chi connectivity index (χ2n) is 6.62. The number of alkyl halides is 3. The van der Waals surface area contributed by atoms with Gasteiger partial charge in [0.05, 0.1) is 11.6 Å². The lowest BCUT2D eigenvalue weighted by Crippen LogP contribution is -2.47. The van der Waals surface area contributed by atoms with Crippen LogP contribution in [0.5, 0.6) is 0 Å². The third-order valence-electron chi connectivity index (χ3n) is 4.75. The molecule has 2 atom stereocenters. The average molecular weight is 386 g/mol. The Bertz CT molecular complexity index is 763. The lowest BCUT2D eigenvalue weighted by atomic mass is 9.97. The fraction of sp³-hybridized carbons (Fsp3) is 0.471. The minimum Gasteiger partial charge on any atom is -0.368 e. The molecule has 1 fully saturated rings. The van der Waals surface area contributed by atoms with Gasteiger partial charge in [0.15, 0.2) is 0 Å². The minimum absolute atomic E-state index is 0.0224. The Balaban J connectivity index is 1.81. The summed E-state index contributed by atoms with van der Waals surface area (Å²) in [7, 11) is 0. The summed E-state index contributed by atoms with van der Waals surface area (Å²) >= 11 is 0. The first kappa shape index (κ1) is 19.1. The molecule has 2 amide bonds. The SMILES string of the molecule is NC(=O)[C@H]1CC(C(=O)N2CCC[C@H](C(F)(F)F)C2)=NN1c1ccc(F)cc1. The fourth-order valence-electron chi connectivity index (χ4n) is 3.30. The number of hydrazone groups is 1. The summed E-state index contributed by atoms with van der Waals surface area (Å²) < 4.78 is 52.0. The third-order valence-corrected chi connectivity index (χ3v) is 4.75. The molecule has 146 valence electrons. The number of hydrogen-bond acceptors (Lipinski definition) is 4. The third kappa shape index (κ3) is 4.04. The highest BCUT2D eigenvalue weighted by Gasteiger charge is 2.44. The van der Waals surface area contributed by atoms with Gasteiger partial charge in [0.2, 0.25) is 5.91 Å². The number of likely N-dealkylation sites (tertiary alicyclic amines) is 1. The Labute approximate surface area is 152 Å². The van der Waals surface area contributed by atoms with Crippen LogP contribution in [0, 0.1) is 11.7 Å². The lowest BCUT2D eigenvalue weighted by molar-refractivity contribution is -0.187. The van der Waals surface area contributed by atoms with Crippen molar-refractivity contribution in [3.63, 3.8) is 0 Å². The summed E-state index contributed by atoms with van der Waals surface area (Å²) in [5.74, 6) is -3.43. The smallest absolute Gasteiger partial charge is 0.368 e. The molecule has 0 unspecified atom stereocenters. The number of nitrogens with zero attached hydrogens (tertiary/aromatic N) is 3. The van der Waals surface area contributed by atoms with Crippen LogP contribution in [0.25, 0.3) is 0 Å². The molecular weight excluding hydrogens is 368 g/mol. The van der Waals surface area contributed by atoms with Crippen molar-refractivity contribution in [1.29, 1.82) is 0 Å². The second kappa shape index (κ2) is 7.16. The van der Waals surface area contributed by atoms with Gasteiger partial charge >= 0.3 is 6.18 Å². The molecule has 10 heteroatoms. The van der Waals surface area contributed by atoms with Crippen molar-refractivity contribution in [2.45, 2.75) is 31.5 Å². The van der Waals surface area contributed by atoms with E-state index in [4.69, 9.17) is 5.73 Å². The van der Waals surface area contributed by atoms with Gasteiger partial charge in [-0.3, -0.25) is 14.6 Å². The lowest BCUT2D eigenvalue weighted by Gasteiger charge is -2.33. The maximum absolute atomic E-state index is 13.1. The van der Waals surface area contributed by atoms with Crippen molar-refractivity contribution < 1.29 is 27.2 Å². The van der Waals surface area contributed by atoms with Crippen LogP contribution in [0.4, 0.5) is 23.2 Å². The monoisotopic (exact) mass is 386 g/mol. The summed E-state index contributed by atoms with van der Waals surface area (Å²) in [4.78, 5) is 25.5. The predicted molar refractivity (Wildman–Crippen MR) is 89.3 cm³/mol. The van der Waals surface area contributed by atoms with E-state index < -0.39 is 42.3 Å². The number of rotatable bonds is 3.